The fourth-order valence-electron chi connectivity index (χ4n) is 3.11. The van der Waals surface area contributed by atoms with E-state index in [4.69, 9.17) is 4.74 Å². The molecule has 1 amide bonds. The summed E-state index contributed by atoms with van der Waals surface area (Å²) in [5, 5.41) is 6.33. The molecule has 2 aromatic carbocycles. The molecule has 0 spiro atoms. The number of rotatable bonds is 4. The van der Waals surface area contributed by atoms with Gasteiger partial charge >= 0.3 is 0 Å². The van der Waals surface area contributed by atoms with Crippen LogP contribution in [-0.2, 0) is 9.53 Å². The number of hydrogen-bond acceptors (Lipinski definition) is 4. The number of imidazole rings is 1. The summed E-state index contributed by atoms with van der Waals surface area (Å²) in [6.45, 7) is 1.86. The minimum Gasteiger partial charge on any atom is -0.366 e. The van der Waals surface area contributed by atoms with E-state index in [0.29, 0.717) is 13.2 Å². The first kappa shape index (κ1) is 15.8. The molecule has 0 bridgehead atoms. The number of carbonyl (C=O) groups excluding carboxylic acids is 1. The summed E-state index contributed by atoms with van der Waals surface area (Å²) in [4.78, 5) is 20.1. The van der Waals surface area contributed by atoms with Gasteiger partial charge in [0.25, 0.3) is 5.91 Å². The molecule has 2 heterocycles. The molecule has 1 fully saturated rings. The Bertz CT molecular complexity index is 856. The Morgan fingerprint density at radius 2 is 2.08 bits per heavy atom. The molecule has 4 rings (SSSR count). The molecule has 6 nitrogen and oxygen atoms in total. The van der Waals surface area contributed by atoms with Gasteiger partial charge in [-0.05, 0) is 23.3 Å². The van der Waals surface area contributed by atoms with Crippen LogP contribution in [0.1, 0.15) is 17.2 Å². The van der Waals surface area contributed by atoms with Gasteiger partial charge < -0.3 is 20.4 Å². The molecule has 3 aromatic rings. The molecule has 128 valence electrons. The maximum atomic E-state index is 12.7. The number of aromatic nitrogens is 2. The smallest absolute Gasteiger partial charge is 0.251 e. The summed E-state index contributed by atoms with van der Waals surface area (Å²) in [7, 11) is 0. The number of aromatic amines is 1. The van der Waals surface area contributed by atoms with Crippen LogP contribution in [0.5, 0.6) is 0 Å². The zero-order chi connectivity index (χ0) is 17.1. The first-order valence-corrected chi connectivity index (χ1v) is 8.42. The first-order chi connectivity index (χ1) is 12.3. The van der Waals surface area contributed by atoms with Crippen LogP contribution in [0.25, 0.3) is 11.0 Å². The number of H-pyrrole nitrogens is 1. The van der Waals surface area contributed by atoms with Gasteiger partial charge in [-0.1, -0.05) is 36.4 Å². The highest BCUT2D eigenvalue weighted by Crippen LogP contribution is 2.25. The minimum atomic E-state index is -0.462. The zero-order valence-electron chi connectivity index (χ0n) is 13.7. The van der Waals surface area contributed by atoms with Crippen LogP contribution in [0.4, 0.5) is 0 Å². The second-order valence-corrected chi connectivity index (χ2v) is 6.09. The predicted octanol–water partition coefficient (Wildman–Crippen LogP) is 1.76. The van der Waals surface area contributed by atoms with Crippen LogP contribution < -0.4 is 10.6 Å². The van der Waals surface area contributed by atoms with Gasteiger partial charge in [-0.25, -0.2) is 4.98 Å². The maximum Gasteiger partial charge on any atom is 0.251 e. The minimum absolute atomic E-state index is 0.106. The lowest BCUT2D eigenvalue weighted by Crippen LogP contribution is -2.48. The van der Waals surface area contributed by atoms with Crippen LogP contribution in [0.15, 0.2) is 54.9 Å². The van der Waals surface area contributed by atoms with Crippen molar-refractivity contribution in [2.24, 2.45) is 0 Å². The Balaban J connectivity index is 1.65. The molecule has 2 atom stereocenters. The Labute approximate surface area is 145 Å². The average molecular weight is 336 g/mol. The van der Waals surface area contributed by atoms with Gasteiger partial charge in [0.2, 0.25) is 0 Å². The third kappa shape index (κ3) is 3.40. The summed E-state index contributed by atoms with van der Waals surface area (Å²) in [5.74, 6) is -0.106. The molecule has 3 N–H and O–H groups in total. The third-order valence-electron chi connectivity index (χ3n) is 4.42. The second-order valence-electron chi connectivity index (χ2n) is 6.09. The van der Waals surface area contributed by atoms with Gasteiger partial charge in [0.15, 0.2) is 0 Å². The quantitative estimate of drug-likeness (QED) is 0.678. The lowest BCUT2D eigenvalue weighted by molar-refractivity contribution is -0.134. The first-order valence-electron chi connectivity index (χ1n) is 8.42. The summed E-state index contributed by atoms with van der Waals surface area (Å²) in [6, 6.07) is 15.7. The van der Waals surface area contributed by atoms with Gasteiger partial charge in [0.1, 0.15) is 6.10 Å². The second kappa shape index (κ2) is 7.04. The molecular formula is C19H20N4O2. The highest BCUT2D eigenvalue weighted by atomic mass is 16.5. The van der Waals surface area contributed by atoms with Crippen molar-refractivity contribution in [1.29, 1.82) is 0 Å². The molecule has 0 saturated carbocycles. The van der Waals surface area contributed by atoms with Gasteiger partial charge in [-0.2, -0.15) is 0 Å². The number of hydrogen-bond donors (Lipinski definition) is 3. The van der Waals surface area contributed by atoms with E-state index in [1.54, 1.807) is 6.33 Å². The summed E-state index contributed by atoms with van der Waals surface area (Å²) < 4.78 is 5.58. The van der Waals surface area contributed by atoms with E-state index in [-0.39, 0.29) is 11.9 Å². The molecule has 1 saturated heterocycles. The van der Waals surface area contributed by atoms with Gasteiger partial charge in [-0.15, -0.1) is 0 Å². The van der Waals surface area contributed by atoms with Crippen molar-refractivity contribution in [3.05, 3.63) is 66.0 Å². The lowest BCUT2D eigenvalue weighted by Gasteiger charge is -2.26. The average Bonchev–Trinajstić information content (AvgIpc) is 3.15. The van der Waals surface area contributed by atoms with Gasteiger partial charge in [0, 0.05) is 13.1 Å². The SMILES string of the molecule is O=C(NC(c1ccccc1)c1ccc2nc[nH]c2c1)C1CNCCO1. The standard InChI is InChI=1S/C19H20N4O2/c24-19(17-11-20-8-9-25-17)23-18(13-4-2-1-3-5-13)14-6-7-15-16(10-14)22-12-21-15/h1-7,10,12,17-18,20H,8-9,11H2,(H,21,22)(H,23,24). The van der Waals surface area contributed by atoms with E-state index in [0.717, 1.165) is 28.7 Å². The number of morpholine rings is 1. The Hall–Kier alpha value is -2.70. The highest BCUT2D eigenvalue weighted by molar-refractivity contribution is 5.82. The number of carbonyl (C=O) groups is 1. The van der Waals surface area contributed by atoms with Crippen LogP contribution in [0.3, 0.4) is 0 Å². The molecule has 2 unspecified atom stereocenters. The van der Waals surface area contributed by atoms with E-state index >= 15 is 0 Å². The van der Waals surface area contributed by atoms with E-state index in [2.05, 4.69) is 20.6 Å². The van der Waals surface area contributed by atoms with Crippen molar-refractivity contribution in [1.82, 2.24) is 20.6 Å². The van der Waals surface area contributed by atoms with E-state index in [9.17, 15) is 4.79 Å². The zero-order valence-corrected chi connectivity index (χ0v) is 13.7. The van der Waals surface area contributed by atoms with Crippen molar-refractivity contribution >= 4 is 16.9 Å². The third-order valence-corrected chi connectivity index (χ3v) is 4.42. The highest BCUT2D eigenvalue weighted by Gasteiger charge is 2.25. The van der Waals surface area contributed by atoms with Crippen LogP contribution in [0, 0.1) is 0 Å². The van der Waals surface area contributed by atoms with E-state index in [1.165, 1.54) is 0 Å². The lowest BCUT2D eigenvalue weighted by atomic mass is 9.98. The van der Waals surface area contributed by atoms with Crippen molar-refractivity contribution in [2.75, 3.05) is 19.7 Å². The predicted molar refractivity (Wildman–Crippen MR) is 95.1 cm³/mol. The normalized spacial score (nSPS) is 18.8. The summed E-state index contributed by atoms with van der Waals surface area (Å²) in [5.41, 5.74) is 3.88. The summed E-state index contributed by atoms with van der Waals surface area (Å²) >= 11 is 0. The van der Waals surface area contributed by atoms with Crippen molar-refractivity contribution < 1.29 is 9.53 Å². The molecule has 0 aliphatic carbocycles. The number of amides is 1. The monoisotopic (exact) mass is 336 g/mol. The molecule has 1 aliphatic heterocycles. The number of nitrogens with zero attached hydrogens (tertiary/aromatic N) is 1. The molecule has 1 aromatic heterocycles. The number of nitrogens with one attached hydrogen (secondary N) is 3. The van der Waals surface area contributed by atoms with Gasteiger partial charge in [0.05, 0.1) is 30.0 Å². The number of fused-ring (bicyclic) bond motifs is 1. The van der Waals surface area contributed by atoms with Crippen LogP contribution >= 0.6 is 0 Å². The molecule has 25 heavy (non-hydrogen) atoms. The Kier molecular flexibility index (Phi) is 4.45. The maximum absolute atomic E-state index is 12.7. The number of benzene rings is 2. The van der Waals surface area contributed by atoms with Crippen molar-refractivity contribution in [3.63, 3.8) is 0 Å². The van der Waals surface area contributed by atoms with Crippen LogP contribution in [0.2, 0.25) is 0 Å². The van der Waals surface area contributed by atoms with E-state index in [1.807, 2.05) is 48.5 Å². The van der Waals surface area contributed by atoms with Crippen molar-refractivity contribution in [2.45, 2.75) is 12.1 Å². The molecular weight excluding hydrogens is 316 g/mol. The largest absolute Gasteiger partial charge is 0.366 e. The number of ether oxygens (including phenoxy) is 1. The van der Waals surface area contributed by atoms with Crippen LogP contribution in [-0.4, -0.2) is 41.7 Å². The molecule has 6 heteroatoms. The van der Waals surface area contributed by atoms with E-state index < -0.39 is 6.10 Å². The summed E-state index contributed by atoms with van der Waals surface area (Å²) in [6.07, 6.45) is 1.21. The Morgan fingerprint density at radius 1 is 1.20 bits per heavy atom. The van der Waals surface area contributed by atoms with Gasteiger partial charge in [-0.3, -0.25) is 4.79 Å². The molecule has 1 aliphatic rings. The Morgan fingerprint density at radius 3 is 2.88 bits per heavy atom. The topological polar surface area (TPSA) is 79.0 Å². The van der Waals surface area contributed by atoms with Crippen molar-refractivity contribution in [3.8, 4) is 0 Å². The molecule has 0 radical (unpaired) electrons. The fraction of sp³-hybridized carbons (Fsp3) is 0.263. The fourth-order valence-corrected chi connectivity index (χ4v) is 3.11.